The number of rotatable bonds is 2. The maximum Gasteiger partial charge on any atom is 0.163 e. The van der Waals surface area contributed by atoms with Crippen LogP contribution in [0.5, 0.6) is 0 Å². The molecule has 1 N–H and O–H groups in total. The van der Waals surface area contributed by atoms with Crippen LogP contribution in [0.4, 0.5) is 0 Å². The molecule has 0 radical (unpaired) electrons. The second-order valence-electron chi connectivity index (χ2n) is 4.56. The molecule has 16 heavy (non-hydrogen) atoms. The summed E-state index contributed by atoms with van der Waals surface area (Å²) in [4.78, 5) is 11.3. The zero-order valence-electron chi connectivity index (χ0n) is 9.81. The molecule has 1 saturated carbocycles. The maximum atomic E-state index is 11.3. The van der Waals surface area contributed by atoms with Gasteiger partial charge in [0.25, 0.3) is 0 Å². The first-order chi connectivity index (χ1) is 7.61. The fourth-order valence-corrected chi connectivity index (χ4v) is 2.48. The molecule has 0 saturated heterocycles. The fourth-order valence-electron chi connectivity index (χ4n) is 2.48. The van der Waals surface area contributed by atoms with Gasteiger partial charge in [0.1, 0.15) is 0 Å². The summed E-state index contributed by atoms with van der Waals surface area (Å²) in [6, 6.07) is 0.0434. The number of aromatic nitrogens is 2. The Bertz CT molecular complexity index is 398. The summed E-state index contributed by atoms with van der Waals surface area (Å²) in [5, 5.41) is 14.2. The molecule has 2 rings (SSSR count). The molecule has 4 nitrogen and oxygen atoms in total. The molecule has 0 spiro atoms. The number of hydrogen-bond donors (Lipinski definition) is 1. The quantitative estimate of drug-likeness (QED) is 0.777. The van der Waals surface area contributed by atoms with Crippen LogP contribution in [-0.4, -0.2) is 26.8 Å². The molecule has 88 valence electrons. The molecule has 4 heteroatoms. The van der Waals surface area contributed by atoms with Gasteiger partial charge in [-0.05, 0) is 26.7 Å². The van der Waals surface area contributed by atoms with E-state index in [1.54, 1.807) is 13.1 Å². The Balaban J connectivity index is 2.29. The number of Topliss-reactive ketones (excluding diaryl/α,β-unsaturated/α-hetero) is 1. The minimum absolute atomic E-state index is 0.0362. The van der Waals surface area contributed by atoms with Crippen molar-refractivity contribution in [1.29, 1.82) is 0 Å². The van der Waals surface area contributed by atoms with Gasteiger partial charge in [-0.25, -0.2) is 0 Å². The second-order valence-corrected chi connectivity index (χ2v) is 4.56. The molecule has 1 aromatic rings. The van der Waals surface area contributed by atoms with E-state index < -0.39 is 0 Å². The van der Waals surface area contributed by atoms with Gasteiger partial charge >= 0.3 is 0 Å². The molecule has 0 amide bonds. The van der Waals surface area contributed by atoms with E-state index in [0.717, 1.165) is 31.4 Å². The van der Waals surface area contributed by atoms with Gasteiger partial charge in [-0.15, -0.1) is 0 Å². The first-order valence-corrected chi connectivity index (χ1v) is 5.84. The van der Waals surface area contributed by atoms with Gasteiger partial charge in [-0.3, -0.25) is 9.48 Å². The van der Waals surface area contributed by atoms with Crippen molar-refractivity contribution in [3.63, 3.8) is 0 Å². The predicted octanol–water partition coefficient (Wildman–Crippen LogP) is 1.87. The van der Waals surface area contributed by atoms with Crippen LogP contribution in [0.2, 0.25) is 0 Å². The number of carbonyl (C=O) groups excluding carboxylic acids is 1. The number of carbonyl (C=O) groups is 1. The van der Waals surface area contributed by atoms with E-state index in [2.05, 4.69) is 5.10 Å². The highest BCUT2D eigenvalue weighted by Gasteiger charge is 2.27. The molecule has 1 aliphatic carbocycles. The van der Waals surface area contributed by atoms with Crippen LogP contribution >= 0.6 is 0 Å². The van der Waals surface area contributed by atoms with E-state index in [0.29, 0.717) is 5.56 Å². The van der Waals surface area contributed by atoms with Crippen molar-refractivity contribution in [3.05, 3.63) is 17.5 Å². The van der Waals surface area contributed by atoms with Crippen LogP contribution in [0.25, 0.3) is 0 Å². The second kappa shape index (κ2) is 4.37. The minimum atomic E-state index is -0.327. The Labute approximate surface area is 95.3 Å². The van der Waals surface area contributed by atoms with Gasteiger partial charge < -0.3 is 5.11 Å². The van der Waals surface area contributed by atoms with Crippen molar-refractivity contribution in [2.24, 2.45) is 0 Å². The van der Waals surface area contributed by atoms with Gasteiger partial charge in [0.15, 0.2) is 5.78 Å². The van der Waals surface area contributed by atoms with E-state index in [1.165, 1.54) is 0 Å². The summed E-state index contributed by atoms with van der Waals surface area (Å²) in [6.07, 6.45) is 5.26. The number of aliphatic hydroxyl groups is 1. The van der Waals surface area contributed by atoms with Crippen molar-refractivity contribution in [1.82, 2.24) is 9.78 Å². The lowest BCUT2D eigenvalue weighted by atomic mass is 9.92. The monoisotopic (exact) mass is 222 g/mol. The van der Waals surface area contributed by atoms with Crippen molar-refractivity contribution in [2.45, 2.75) is 51.7 Å². The zero-order chi connectivity index (χ0) is 11.7. The number of aliphatic hydroxyl groups excluding tert-OH is 1. The predicted molar refractivity (Wildman–Crippen MR) is 60.5 cm³/mol. The first-order valence-electron chi connectivity index (χ1n) is 5.84. The standard InChI is InChI=1S/C12H18N2O2/c1-8-10(9(2)15)7-13-14(8)11-5-3-4-6-12(11)16/h7,11-12,16H,3-6H2,1-2H3. The summed E-state index contributed by atoms with van der Waals surface area (Å²) in [5.74, 6) is 0.0362. The molecule has 1 aliphatic rings. The third-order valence-electron chi connectivity index (χ3n) is 3.43. The Kier molecular flexibility index (Phi) is 3.10. The molecular formula is C12H18N2O2. The van der Waals surface area contributed by atoms with Crippen LogP contribution < -0.4 is 0 Å². The van der Waals surface area contributed by atoms with Crippen molar-refractivity contribution >= 4 is 5.78 Å². The summed E-state index contributed by atoms with van der Waals surface area (Å²) < 4.78 is 1.82. The smallest absolute Gasteiger partial charge is 0.163 e. The van der Waals surface area contributed by atoms with Gasteiger partial charge in [0.2, 0.25) is 0 Å². The Morgan fingerprint density at radius 1 is 1.50 bits per heavy atom. The topological polar surface area (TPSA) is 55.1 Å². The van der Waals surface area contributed by atoms with E-state index in [-0.39, 0.29) is 17.9 Å². The highest BCUT2D eigenvalue weighted by atomic mass is 16.3. The number of nitrogens with zero attached hydrogens (tertiary/aromatic N) is 2. The van der Waals surface area contributed by atoms with Crippen molar-refractivity contribution in [2.75, 3.05) is 0 Å². The molecule has 1 heterocycles. The van der Waals surface area contributed by atoms with Gasteiger partial charge in [-0.1, -0.05) is 12.8 Å². The van der Waals surface area contributed by atoms with Crippen molar-refractivity contribution < 1.29 is 9.90 Å². The van der Waals surface area contributed by atoms with E-state index in [9.17, 15) is 9.90 Å². The largest absolute Gasteiger partial charge is 0.391 e. The zero-order valence-corrected chi connectivity index (χ0v) is 9.81. The summed E-state index contributed by atoms with van der Waals surface area (Å²) in [7, 11) is 0. The van der Waals surface area contributed by atoms with Crippen LogP contribution in [0.1, 0.15) is 54.7 Å². The van der Waals surface area contributed by atoms with Gasteiger partial charge in [0, 0.05) is 5.69 Å². The Morgan fingerprint density at radius 3 is 2.75 bits per heavy atom. The first kappa shape index (κ1) is 11.3. The lowest BCUT2D eigenvalue weighted by Gasteiger charge is -2.28. The highest BCUT2D eigenvalue weighted by Crippen LogP contribution is 2.29. The average Bonchev–Trinajstić information content (AvgIpc) is 2.61. The summed E-state index contributed by atoms with van der Waals surface area (Å²) >= 11 is 0. The highest BCUT2D eigenvalue weighted by molar-refractivity contribution is 5.94. The van der Waals surface area contributed by atoms with Crippen LogP contribution in [-0.2, 0) is 0 Å². The molecule has 2 unspecified atom stereocenters. The maximum absolute atomic E-state index is 11.3. The Hall–Kier alpha value is -1.16. The van der Waals surface area contributed by atoms with E-state index in [1.807, 2.05) is 11.6 Å². The minimum Gasteiger partial charge on any atom is -0.391 e. The fraction of sp³-hybridized carbons (Fsp3) is 0.667. The van der Waals surface area contributed by atoms with Crippen LogP contribution in [0, 0.1) is 6.92 Å². The molecule has 0 aromatic carbocycles. The lowest BCUT2D eigenvalue weighted by molar-refractivity contribution is 0.0682. The van der Waals surface area contributed by atoms with Crippen LogP contribution in [0.15, 0.2) is 6.20 Å². The van der Waals surface area contributed by atoms with Crippen molar-refractivity contribution in [3.8, 4) is 0 Å². The molecule has 0 aliphatic heterocycles. The summed E-state index contributed by atoms with van der Waals surface area (Å²) in [5.41, 5.74) is 1.54. The Morgan fingerprint density at radius 2 is 2.19 bits per heavy atom. The third-order valence-corrected chi connectivity index (χ3v) is 3.43. The molecule has 1 fully saturated rings. The number of hydrogen-bond acceptors (Lipinski definition) is 3. The lowest BCUT2D eigenvalue weighted by Crippen LogP contribution is -2.29. The van der Waals surface area contributed by atoms with E-state index in [4.69, 9.17) is 0 Å². The number of ketones is 1. The van der Waals surface area contributed by atoms with Gasteiger partial charge in [-0.2, -0.15) is 5.10 Å². The normalized spacial score (nSPS) is 25.7. The average molecular weight is 222 g/mol. The molecule has 2 atom stereocenters. The molecule has 1 aromatic heterocycles. The van der Waals surface area contributed by atoms with Gasteiger partial charge in [0.05, 0.1) is 23.9 Å². The van der Waals surface area contributed by atoms with E-state index >= 15 is 0 Å². The summed E-state index contributed by atoms with van der Waals surface area (Å²) in [6.45, 7) is 3.44. The van der Waals surface area contributed by atoms with Crippen LogP contribution in [0.3, 0.4) is 0 Å². The molecular weight excluding hydrogens is 204 g/mol. The molecule has 0 bridgehead atoms. The SMILES string of the molecule is CC(=O)c1cnn(C2CCCCC2O)c1C. The third kappa shape index (κ3) is 1.89.